The van der Waals surface area contributed by atoms with Gasteiger partial charge in [-0.3, -0.25) is 9.59 Å². The van der Waals surface area contributed by atoms with Gasteiger partial charge >= 0.3 is 0 Å². The predicted octanol–water partition coefficient (Wildman–Crippen LogP) is 3.99. The fraction of sp³-hybridized carbons (Fsp3) is 0.211. The van der Waals surface area contributed by atoms with Crippen LogP contribution in [0.15, 0.2) is 48.5 Å². The zero-order chi connectivity index (χ0) is 18.8. The minimum Gasteiger partial charge on any atom is -0.492 e. The van der Waals surface area contributed by atoms with Crippen molar-refractivity contribution in [1.29, 1.82) is 5.26 Å². The molecule has 0 aliphatic carbocycles. The van der Waals surface area contributed by atoms with Gasteiger partial charge in [-0.1, -0.05) is 23.7 Å². The summed E-state index contributed by atoms with van der Waals surface area (Å²) >= 11 is 5.99. The van der Waals surface area contributed by atoms with Crippen molar-refractivity contribution < 1.29 is 14.3 Å². The van der Waals surface area contributed by atoms with Crippen LogP contribution < -0.4 is 15.4 Å². The number of nitrogens with one attached hydrogen (secondary N) is 2. The minimum absolute atomic E-state index is 0.131. The van der Waals surface area contributed by atoms with Crippen molar-refractivity contribution >= 4 is 34.8 Å². The second kappa shape index (κ2) is 10.1. The summed E-state index contributed by atoms with van der Waals surface area (Å²) in [6, 6.07) is 15.6. The highest BCUT2D eigenvalue weighted by atomic mass is 35.5. The van der Waals surface area contributed by atoms with Gasteiger partial charge in [0.05, 0.1) is 17.7 Å². The van der Waals surface area contributed by atoms with Gasteiger partial charge in [-0.05, 0) is 42.8 Å². The first kappa shape index (κ1) is 19.3. The molecule has 0 aromatic heterocycles. The molecule has 0 atom stereocenters. The summed E-state index contributed by atoms with van der Waals surface area (Å²) in [5.74, 6) is 0.0976. The third kappa shape index (κ3) is 6.46. The van der Waals surface area contributed by atoms with Crippen molar-refractivity contribution in [1.82, 2.24) is 0 Å². The van der Waals surface area contributed by atoms with Crippen molar-refractivity contribution in [2.24, 2.45) is 0 Å². The first-order chi connectivity index (χ1) is 12.6. The lowest BCUT2D eigenvalue weighted by Gasteiger charge is -2.09. The molecule has 2 aromatic rings. The summed E-state index contributed by atoms with van der Waals surface area (Å²) < 4.78 is 5.53. The van der Waals surface area contributed by atoms with E-state index in [4.69, 9.17) is 21.6 Å². The van der Waals surface area contributed by atoms with E-state index >= 15 is 0 Å². The third-order valence-electron chi connectivity index (χ3n) is 3.33. The van der Waals surface area contributed by atoms with Gasteiger partial charge < -0.3 is 15.4 Å². The average molecular weight is 372 g/mol. The molecule has 7 heteroatoms. The van der Waals surface area contributed by atoms with E-state index in [1.807, 2.05) is 12.1 Å². The molecule has 2 N–H and O–H groups in total. The topological polar surface area (TPSA) is 91.2 Å². The summed E-state index contributed by atoms with van der Waals surface area (Å²) in [5.41, 5.74) is 1.19. The predicted molar refractivity (Wildman–Crippen MR) is 100 cm³/mol. The highest BCUT2D eigenvalue weighted by molar-refractivity contribution is 6.32. The number of nitrogens with zero attached hydrogens (tertiary/aromatic N) is 1. The molecule has 6 nitrogen and oxygen atoms in total. The summed E-state index contributed by atoms with van der Waals surface area (Å²) in [5, 5.41) is 14.3. The Morgan fingerprint density at radius 3 is 2.23 bits per heavy atom. The molecule has 0 heterocycles. The Hall–Kier alpha value is -3.04. The maximum absolute atomic E-state index is 11.9. The Kier molecular flexibility index (Phi) is 7.47. The number of rotatable bonds is 8. The molecule has 0 saturated carbocycles. The molecule has 134 valence electrons. The number of benzene rings is 2. The first-order valence-electron chi connectivity index (χ1n) is 8.02. The van der Waals surface area contributed by atoms with Crippen LogP contribution in [0.25, 0.3) is 0 Å². The molecule has 0 aliphatic rings. The molecule has 2 rings (SSSR count). The van der Waals surface area contributed by atoms with Gasteiger partial charge in [0.15, 0.2) is 0 Å². The van der Waals surface area contributed by atoms with Crippen LogP contribution in [0.5, 0.6) is 5.75 Å². The van der Waals surface area contributed by atoms with Crippen LogP contribution in [0.2, 0.25) is 5.02 Å². The largest absolute Gasteiger partial charge is 0.492 e. The Bertz CT molecular complexity index is 800. The molecular weight excluding hydrogens is 354 g/mol. The molecule has 0 radical (unpaired) electrons. The van der Waals surface area contributed by atoms with Crippen LogP contribution in [-0.4, -0.2) is 18.4 Å². The van der Waals surface area contributed by atoms with Crippen LogP contribution in [0.4, 0.5) is 11.4 Å². The van der Waals surface area contributed by atoms with Gasteiger partial charge in [0.25, 0.3) is 0 Å². The van der Waals surface area contributed by atoms with Crippen molar-refractivity contribution in [3.63, 3.8) is 0 Å². The van der Waals surface area contributed by atoms with Crippen LogP contribution in [0, 0.1) is 11.3 Å². The molecule has 2 aromatic carbocycles. The van der Waals surface area contributed by atoms with Gasteiger partial charge in [-0.15, -0.1) is 0 Å². The molecule has 26 heavy (non-hydrogen) atoms. The van der Waals surface area contributed by atoms with Crippen LogP contribution in [-0.2, 0) is 9.59 Å². The number of amides is 2. The van der Waals surface area contributed by atoms with E-state index in [-0.39, 0.29) is 18.2 Å². The second-order valence-corrected chi connectivity index (χ2v) is 5.80. The lowest BCUT2D eigenvalue weighted by atomic mass is 10.2. The monoisotopic (exact) mass is 371 g/mol. The number of carbonyl (C=O) groups is 2. The summed E-state index contributed by atoms with van der Waals surface area (Å²) in [4.78, 5) is 23.3. The SMILES string of the molecule is N#CCC(=O)Nc1ccc(NC(=O)CCCOc2ccccc2Cl)cc1. The molecular formula is C19H18ClN3O3. The van der Waals surface area contributed by atoms with Gasteiger partial charge in [0, 0.05) is 17.8 Å². The molecule has 0 saturated heterocycles. The highest BCUT2D eigenvalue weighted by Gasteiger charge is 2.05. The van der Waals surface area contributed by atoms with Gasteiger partial charge in [0.1, 0.15) is 12.2 Å². The van der Waals surface area contributed by atoms with Crippen molar-refractivity contribution in [2.75, 3.05) is 17.2 Å². The number of hydrogen-bond donors (Lipinski definition) is 2. The molecule has 0 bridgehead atoms. The van der Waals surface area contributed by atoms with Crippen LogP contribution in [0.3, 0.4) is 0 Å². The number of carbonyl (C=O) groups excluding carboxylic acids is 2. The quantitative estimate of drug-likeness (QED) is 0.686. The molecule has 0 unspecified atom stereocenters. The van der Waals surface area contributed by atoms with E-state index in [2.05, 4.69) is 10.6 Å². The third-order valence-corrected chi connectivity index (χ3v) is 3.65. The fourth-order valence-corrected chi connectivity index (χ4v) is 2.30. The number of hydrogen-bond acceptors (Lipinski definition) is 4. The molecule has 0 aliphatic heterocycles. The van der Waals surface area contributed by atoms with E-state index < -0.39 is 0 Å². The fourth-order valence-electron chi connectivity index (χ4n) is 2.11. The Balaban J connectivity index is 1.71. The number of para-hydroxylation sites is 1. The summed E-state index contributed by atoms with van der Waals surface area (Å²) in [7, 11) is 0. The zero-order valence-corrected chi connectivity index (χ0v) is 14.8. The smallest absolute Gasteiger partial charge is 0.238 e. The molecule has 0 fully saturated rings. The maximum atomic E-state index is 11.9. The van der Waals surface area contributed by atoms with Gasteiger partial charge in [-0.2, -0.15) is 5.26 Å². The first-order valence-corrected chi connectivity index (χ1v) is 8.40. The van der Waals surface area contributed by atoms with E-state index in [9.17, 15) is 9.59 Å². The highest BCUT2D eigenvalue weighted by Crippen LogP contribution is 2.23. The van der Waals surface area contributed by atoms with E-state index in [1.165, 1.54) is 0 Å². The van der Waals surface area contributed by atoms with Crippen LogP contribution >= 0.6 is 11.6 Å². The Morgan fingerprint density at radius 2 is 1.62 bits per heavy atom. The van der Waals surface area contributed by atoms with Gasteiger partial charge in [0.2, 0.25) is 11.8 Å². The average Bonchev–Trinajstić information content (AvgIpc) is 2.62. The van der Waals surface area contributed by atoms with Crippen molar-refractivity contribution in [3.8, 4) is 11.8 Å². The second-order valence-electron chi connectivity index (χ2n) is 5.39. The molecule has 0 spiro atoms. The zero-order valence-electron chi connectivity index (χ0n) is 14.0. The van der Waals surface area contributed by atoms with E-state index in [1.54, 1.807) is 42.5 Å². The minimum atomic E-state index is -0.372. The Morgan fingerprint density at radius 1 is 1.00 bits per heavy atom. The van der Waals surface area contributed by atoms with E-state index in [0.29, 0.717) is 41.6 Å². The normalized spacial score (nSPS) is 9.85. The summed E-state index contributed by atoms with van der Waals surface area (Å²) in [6.07, 6.45) is 0.666. The summed E-state index contributed by atoms with van der Waals surface area (Å²) in [6.45, 7) is 0.390. The number of ether oxygens (including phenoxy) is 1. The molecule has 2 amide bonds. The standard InChI is InChI=1S/C19H18ClN3O3/c20-16-4-1-2-5-17(16)26-13-3-6-18(24)22-14-7-9-15(10-8-14)23-19(25)11-12-21/h1-2,4-5,7-10H,3,6,11,13H2,(H,22,24)(H,23,25). The number of anilines is 2. The number of halogens is 1. The lowest BCUT2D eigenvalue weighted by molar-refractivity contribution is -0.116. The van der Waals surface area contributed by atoms with Crippen molar-refractivity contribution in [3.05, 3.63) is 53.6 Å². The Labute approximate surface area is 156 Å². The van der Waals surface area contributed by atoms with Crippen molar-refractivity contribution in [2.45, 2.75) is 19.3 Å². The van der Waals surface area contributed by atoms with Gasteiger partial charge in [-0.25, -0.2) is 0 Å². The number of nitriles is 1. The van der Waals surface area contributed by atoms with Crippen LogP contribution in [0.1, 0.15) is 19.3 Å². The lowest BCUT2D eigenvalue weighted by Crippen LogP contribution is -2.13. The maximum Gasteiger partial charge on any atom is 0.238 e. The van der Waals surface area contributed by atoms with E-state index in [0.717, 1.165) is 0 Å².